The largest absolute Gasteiger partial charge is 0.490 e. The summed E-state index contributed by atoms with van der Waals surface area (Å²) in [6, 6.07) is 4.44. The summed E-state index contributed by atoms with van der Waals surface area (Å²) in [5.41, 5.74) is 0. The van der Waals surface area contributed by atoms with Crippen molar-refractivity contribution in [3.05, 3.63) is 28.5 Å². The van der Waals surface area contributed by atoms with Gasteiger partial charge in [0.1, 0.15) is 18.2 Å². The summed E-state index contributed by atoms with van der Waals surface area (Å²) in [6.07, 6.45) is 2.46. The van der Waals surface area contributed by atoms with Gasteiger partial charge in [-0.3, -0.25) is 0 Å². The van der Waals surface area contributed by atoms with E-state index < -0.39 is 0 Å². The Morgan fingerprint density at radius 2 is 2.14 bits per heavy atom. The molecule has 0 bridgehead atoms. The molecule has 1 N–H and O–H groups in total. The van der Waals surface area contributed by atoms with Crippen molar-refractivity contribution >= 4 is 15.9 Å². The Balaban J connectivity index is 1.70. The molecule has 0 saturated carbocycles. The first-order chi connectivity index (χ1) is 10.0. The number of rotatable bonds is 7. The summed E-state index contributed by atoms with van der Waals surface area (Å²) in [4.78, 5) is 0. The minimum absolute atomic E-state index is 0.118. The number of nitrogens with one attached hydrogen (secondary N) is 1. The van der Waals surface area contributed by atoms with Crippen LogP contribution in [-0.4, -0.2) is 31.9 Å². The molecule has 1 aliphatic rings. The van der Waals surface area contributed by atoms with Gasteiger partial charge in [0.25, 0.3) is 0 Å². The Hall–Kier alpha value is -0.650. The van der Waals surface area contributed by atoms with E-state index in [4.69, 9.17) is 9.47 Å². The maximum absolute atomic E-state index is 13.0. The van der Waals surface area contributed by atoms with E-state index in [0.717, 1.165) is 25.9 Å². The third-order valence-electron chi connectivity index (χ3n) is 3.44. The Bertz CT molecular complexity index is 456. The molecular formula is C16H23BrFNO2. The van der Waals surface area contributed by atoms with Crippen molar-refractivity contribution in [2.45, 2.75) is 38.9 Å². The zero-order valence-electron chi connectivity index (χ0n) is 12.6. The van der Waals surface area contributed by atoms with Gasteiger partial charge in [-0.2, -0.15) is 0 Å². The normalized spacial score (nSPS) is 22.0. The van der Waals surface area contributed by atoms with Crippen LogP contribution in [0.3, 0.4) is 0 Å². The molecular weight excluding hydrogens is 337 g/mol. The Morgan fingerprint density at radius 3 is 2.86 bits per heavy atom. The van der Waals surface area contributed by atoms with Crippen molar-refractivity contribution in [2.75, 3.05) is 19.7 Å². The van der Waals surface area contributed by atoms with Crippen LogP contribution in [0.4, 0.5) is 4.39 Å². The lowest BCUT2D eigenvalue weighted by molar-refractivity contribution is 0.0182. The Labute approximate surface area is 134 Å². The quantitative estimate of drug-likeness (QED) is 0.803. The van der Waals surface area contributed by atoms with Gasteiger partial charge in [-0.25, -0.2) is 4.39 Å². The van der Waals surface area contributed by atoms with Crippen molar-refractivity contribution in [2.24, 2.45) is 5.92 Å². The van der Waals surface area contributed by atoms with Crippen LogP contribution in [0.15, 0.2) is 22.7 Å². The molecule has 21 heavy (non-hydrogen) atoms. The van der Waals surface area contributed by atoms with Gasteiger partial charge in [-0.05, 0) is 59.4 Å². The van der Waals surface area contributed by atoms with Crippen LogP contribution >= 0.6 is 15.9 Å². The van der Waals surface area contributed by atoms with Crippen molar-refractivity contribution in [3.8, 4) is 5.75 Å². The molecule has 2 atom stereocenters. The van der Waals surface area contributed by atoms with Gasteiger partial charge in [0.15, 0.2) is 0 Å². The first kappa shape index (κ1) is 16.7. The predicted molar refractivity (Wildman–Crippen MR) is 85.2 cm³/mol. The number of ether oxygens (including phenoxy) is 2. The lowest BCUT2D eigenvalue weighted by Gasteiger charge is -2.16. The average Bonchev–Trinajstić information content (AvgIpc) is 2.85. The van der Waals surface area contributed by atoms with Crippen LogP contribution in [0.1, 0.15) is 26.7 Å². The molecule has 118 valence electrons. The SMILES string of the molecule is CC(C)CNCC1CCC(COc2ccc(F)cc2Br)O1. The fourth-order valence-electron chi connectivity index (χ4n) is 2.36. The van der Waals surface area contributed by atoms with Crippen molar-refractivity contribution < 1.29 is 13.9 Å². The number of hydrogen-bond donors (Lipinski definition) is 1. The summed E-state index contributed by atoms with van der Waals surface area (Å²) in [6.45, 7) is 6.81. The summed E-state index contributed by atoms with van der Waals surface area (Å²) >= 11 is 3.30. The summed E-state index contributed by atoms with van der Waals surface area (Å²) in [5, 5.41) is 3.42. The molecule has 0 radical (unpaired) electrons. The Kier molecular flexibility index (Phi) is 6.45. The summed E-state index contributed by atoms with van der Waals surface area (Å²) in [5.74, 6) is 1.03. The highest BCUT2D eigenvalue weighted by atomic mass is 79.9. The maximum Gasteiger partial charge on any atom is 0.133 e. The fraction of sp³-hybridized carbons (Fsp3) is 0.625. The number of benzene rings is 1. The predicted octanol–water partition coefficient (Wildman–Crippen LogP) is 3.76. The molecule has 0 aromatic heterocycles. The molecule has 0 spiro atoms. The molecule has 1 aromatic carbocycles. The second-order valence-electron chi connectivity index (χ2n) is 5.90. The molecule has 1 heterocycles. The fourth-order valence-corrected chi connectivity index (χ4v) is 2.83. The van der Waals surface area contributed by atoms with Gasteiger partial charge in [0.05, 0.1) is 16.7 Å². The molecule has 2 rings (SSSR count). The first-order valence-corrected chi connectivity index (χ1v) is 8.28. The highest BCUT2D eigenvalue weighted by molar-refractivity contribution is 9.10. The van der Waals surface area contributed by atoms with E-state index in [0.29, 0.717) is 22.7 Å². The van der Waals surface area contributed by atoms with Crippen molar-refractivity contribution in [3.63, 3.8) is 0 Å². The first-order valence-electron chi connectivity index (χ1n) is 7.48. The lowest BCUT2D eigenvalue weighted by Crippen LogP contribution is -2.30. The monoisotopic (exact) mass is 359 g/mol. The molecule has 2 unspecified atom stereocenters. The van der Waals surface area contributed by atoms with Gasteiger partial charge in [-0.15, -0.1) is 0 Å². The molecule has 1 aliphatic heterocycles. The minimum Gasteiger partial charge on any atom is -0.490 e. The van der Waals surface area contributed by atoms with E-state index in [-0.39, 0.29) is 18.0 Å². The van der Waals surface area contributed by atoms with Crippen LogP contribution in [-0.2, 0) is 4.74 Å². The van der Waals surface area contributed by atoms with Gasteiger partial charge in [0.2, 0.25) is 0 Å². The van der Waals surface area contributed by atoms with Crippen molar-refractivity contribution in [1.29, 1.82) is 0 Å². The smallest absolute Gasteiger partial charge is 0.133 e. The van der Waals surface area contributed by atoms with Gasteiger partial charge < -0.3 is 14.8 Å². The Morgan fingerprint density at radius 1 is 1.38 bits per heavy atom. The summed E-state index contributed by atoms with van der Waals surface area (Å²) in [7, 11) is 0. The van der Waals surface area contributed by atoms with Crippen LogP contribution in [0.25, 0.3) is 0 Å². The van der Waals surface area contributed by atoms with E-state index in [1.54, 1.807) is 6.07 Å². The zero-order chi connectivity index (χ0) is 15.2. The molecule has 0 aliphatic carbocycles. The van der Waals surface area contributed by atoms with Crippen LogP contribution in [0.2, 0.25) is 0 Å². The lowest BCUT2D eigenvalue weighted by atomic mass is 10.2. The minimum atomic E-state index is -0.275. The summed E-state index contributed by atoms with van der Waals surface area (Å²) < 4.78 is 25.3. The van der Waals surface area contributed by atoms with Crippen molar-refractivity contribution in [1.82, 2.24) is 5.32 Å². The van der Waals surface area contributed by atoms with E-state index in [9.17, 15) is 4.39 Å². The molecule has 0 amide bonds. The van der Waals surface area contributed by atoms with Gasteiger partial charge >= 0.3 is 0 Å². The third-order valence-corrected chi connectivity index (χ3v) is 4.06. The van der Waals surface area contributed by atoms with E-state index >= 15 is 0 Å². The topological polar surface area (TPSA) is 30.5 Å². The molecule has 5 heteroatoms. The standard InChI is InChI=1S/C16H23BrFNO2/c1-11(2)8-19-9-13-4-5-14(21-13)10-20-16-6-3-12(18)7-15(16)17/h3,6-7,11,13-14,19H,4-5,8-10H2,1-2H3. The second kappa shape index (κ2) is 8.11. The average molecular weight is 360 g/mol. The second-order valence-corrected chi connectivity index (χ2v) is 6.75. The molecule has 1 aromatic rings. The number of hydrogen-bond acceptors (Lipinski definition) is 3. The van der Waals surface area contributed by atoms with E-state index in [2.05, 4.69) is 35.1 Å². The van der Waals surface area contributed by atoms with E-state index in [1.807, 2.05) is 0 Å². The van der Waals surface area contributed by atoms with Gasteiger partial charge in [0, 0.05) is 6.54 Å². The van der Waals surface area contributed by atoms with Crippen LogP contribution in [0, 0.1) is 11.7 Å². The zero-order valence-corrected chi connectivity index (χ0v) is 14.2. The third kappa shape index (κ3) is 5.57. The molecule has 1 fully saturated rings. The molecule has 1 saturated heterocycles. The number of halogens is 2. The highest BCUT2D eigenvalue weighted by Gasteiger charge is 2.25. The maximum atomic E-state index is 13.0. The van der Waals surface area contributed by atoms with Crippen LogP contribution < -0.4 is 10.1 Å². The van der Waals surface area contributed by atoms with Crippen LogP contribution in [0.5, 0.6) is 5.75 Å². The molecule has 3 nitrogen and oxygen atoms in total. The van der Waals surface area contributed by atoms with E-state index in [1.165, 1.54) is 12.1 Å². The van der Waals surface area contributed by atoms with Gasteiger partial charge in [-0.1, -0.05) is 13.8 Å². The highest BCUT2D eigenvalue weighted by Crippen LogP contribution is 2.27.